The number of H-pyrrole nitrogens is 1. The predicted molar refractivity (Wildman–Crippen MR) is 252 cm³/mol. The molecular formula is C40H59N12O26P. The molecule has 0 bridgehead atoms. The molecule has 39 heteroatoms. The fourth-order valence-corrected chi connectivity index (χ4v) is 6.90. The zero-order valence-electron chi connectivity index (χ0n) is 41.4. The van der Waals surface area contributed by atoms with Crippen molar-refractivity contribution in [2.24, 2.45) is 5.73 Å². The van der Waals surface area contributed by atoms with Gasteiger partial charge >= 0.3 is 43.6 Å². The van der Waals surface area contributed by atoms with Crippen molar-refractivity contribution in [3.63, 3.8) is 0 Å². The molecule has 1 rings (SSSR count). The number of amides is 9. The van der Waals surface area contributed by atoms with Gasteiger partial charge in [-0.2, -0.15) is 0 Å². The lowest BCUT2D eigenvalue weighted by molar-refractivity contribution is -0.147. The number of carbonyl (C=O) groups is 15. The number of aromatic amines is 1. The van der Waals surface area contributed by atoms with Gasteiger partial charge in [-0.25, -0.2) is 14.3 Å². The van der Waals surface area contributed by atoms with Crippen molar-refractivity contribution in [3.05, 3.63) is 18.2 Å². The lowest BCUT2D eigenvalue weighted by Gasteiger charge is -2.28. The summed E-state index contributed by atoms with van der Waals surface area (Å²) in [6.45, 7) is -0.259. The Balaban J connectivity index is 3.44. The molecule has 0 radical (unpaired) electrons. The average molecular weight is 1150 g/mol. The number of nitrogens with one attached hydrogen (secondary N) is 10. The highest BCUT2D eigenvalue weighted by Crippen LogP contribution is 2.38. The van der Waals surface area contributed by atoms with Crippen LogP contribution in [0, 0.1) is 0 Å². The number of aliphatic hydroxyl groups excluding tert-OH is 1. The number of carboxylic acid groups (broad SMARTS) is 6. The summed E-state index contributed by atoms with van der Waals surface area (Å²) in [5.74, 6) is -22.3. The van der Waals surface area contributed by atoms with Gasteiger partial charge in [0.25, 0.3) is 0 Å². The number of imidazole rings is 1. The number of aliphatic carboxylic acids is 6. The summed E-state index contributed by atoms with van der Waals surface area (Å²) in [5, 5.41) is 82.9. The molecule has 1 heterocycles. The number of carbonyl (C=O) groups excluding carboxylic acids is 9. The molecule has 440 valence electrons. The van der Waals surface area contributed by atoms with Gasteiger partial charge in [-0.3, -0.25) is 71.6 Å². The second-order valence-electron chi connectivity index (χ2n) is 16.7. The Kier molecular flexibility index (Phi) is 28.3. The van der Waals surface area contributed by atoms with Crippen molar-refractivity contribution >= 4 is 96.8 Å². The second-order valence-corrected chi connectivity index (χ2v) is 17.9. The SMILES string of the molecule is C[C@H](NC(=O)[C@H](CC(=O)O)NC(=O)[C@@H](N)CO)C(=O)N[C@H](C(=O)N[C@@H](CCC(=O)O)C(=O)NCC(=O)N[C@@H](Cc1cnc[nH]1)C(=O)N[C@@H](CC(=O)O)C(=O)N[C@@H](CCC(=O)O)C(=O)N[C@@H](CC(=O)O)C(=O)O)[C@@H](C)OP(=O)(O)O. The number of phosphoric ester groups is 1. The maximum absolute atomic E-state index is 13.7. The lowest BCUT2D eigenvalue weighted by atomic mass is 10.1. The van der Waals surface area contributed by atoms with Crippen LogP contribution in [0.15, 0.2) is 12.5 Å². The third kappa shape index (κ3) is 26.8. The molecule has 0 aliphatic heterocycles. The van der Waals surface area contributed by atoms with E-state index in [-0.39, 0.29) is 5.69 Å². The molecule has 0 saturated heterocycles. The van der Waals surface area contributed by atoms with Crippen LogP contribution >= 0.6 is 7.82 Å². The van der Waals surface area contributed by atoms with Crippen molar-refractivity contribution in [3.8, 4) is 0 Å². The van der Waals surface area contributed by atoms with Gasteiger partial charge in [0.1, 0.15) is 54.4 Å². The number of nitrogens with two attached hydrogens (primary N) is 1. The molecule has 1 aromatic rings. The number of aliphatic hydroxyl groups is 1. The summed E-state index contributed by atoms with van der Waals surface area (Å²) in [6, 6.07) is -17.6. The van der Waals surface area contributed by atoms with E-state index in [0.717, 1.165) is 26.4 Å². The Labute approximate surface area is 443 Å². The number of hydrogen-bond acceptors (Lipinski definition) is 20. The maximum atomic E-state index is 13.7. The van der Waals surface area contributed by atoms with Crippen molar-refractivity contribution in [2.75, 3.05) is 13.2 Å². The summed E-state index contributed by atoms with van der Waals surface area (Å²) < 4.78 is 16.3. The zero-order chi connectivity index (χ0) is 60.5. The van der Waals surface area contributed by atoms with Crippen LogP contribution in [0.3, 0.4) is 0 Å². The molecule has 9 amide bonds. The van der Waals surface area contributed by atoms with Crippen LogP contribution in [0.4, 0.5) is 0 Å². The highest BCUT2D eigenvalue weighted by Gasteiger charge is 2.38. The van der Waals surface area contributed by atoms with Gasteiger partial charge in [0.15, 0.2) is 0 Å². The Morgan fingerprint density at radius 1 is 0.570 bits per heavy atom. The van der Waals surface area contributed by atoms with Gasteiger partial charge in [0.2, 0.25) is 53.2 Å². The number of hydrogen-bond donors (Lipinski definition) is 20. The summed E-state index contributed by atoms with van der Waals surface area (Å²) >= 11 is 0. The molecule has 21 N–H and O–H groups in total. The second kappa shape index (κ2) is 32.8. The lowest BCUT2D eigenvalue weighted by Crippen LogP contribution is -2.61. The Morgan fingerprint density at radius 2 is 1.01 bits per heavy atom. The summed E-state index contributed by atoms with van der Waals surface area (Å²) in [7, 11) is -5.51. The fraction of sp³-hybridized carbons (Fsp3) is 0.550. The van der Waals surface area contributed by atoms with Gasteiger partial charge in [-0.1, -0.05) is 0 Å². The maximum Gasteiger partial charge on any atom is 0.469 e. The van der Waals surface area contributed by atoms with Crippen LogP contribution < -0.4 is 53.6 Å². The Bertz CT molecular complexity index is 2470. The van der Waals surface area contributed by atoms with Crippen LogP contribution in [0.2, 0.25) is 0 Å². The monoisotopic (exact) mass is 1150 g/mol. The number of carboxylic acids is 6. The molecule has 38 nitrogen and oxygen atoms in total. The molecule has 0 unspecified atom stereocenters. The zero-order valence-corrected chi connectivity index (χ0v) is 42.3. The van der Waals surface area contributed by atoms with Gasteiger partial charge in [0, 0.05) is 31.2 Å². The Morgan fingerprint density at radius 3 is 1.48 bits per heavy atom. The van der Waals surface area contributed by atoms with E-state index in [4.69, 9.17) is 15.9 Å². The molecule has 0 fully saturated rings. The van der Waals surface area contributed by atoms with Crippen LogP contribution in [0.1, 0.15) is 64.5 Å². The largest absolute Gasteiger partial charge is 0.481 e. The summed E-state index contributed by atoms with van der Waals surface area (Å²) in [5.41, 5.74) is 5.49. The topological polar surface area (TPSA) is 627 Å². The van der Waals surface area contributed by atoms with E-state index in [1.54, 1.807) is 5.32 Å². The first-order valence-electron chi connectivity index (χ1n) is 22.7. The molecule has 0 spiro atoms. The van der Waals surface area contributed by atoms with Crippen molar-refractivity contribution in [2.45, 2.75) is 126 Å². The number of phosphoric acid groups is 1. The van der Waals surface area contributed by atoms with E-state index >= 15 is 0 Å². The van der Waals surface area contributed by atoms with Crippen LogP contribution in [0.25, 0.3) is 0 Å². The third-order valence-corrected chi connectivity index (χ3v) is 10.9. The minimum atomic E-state index is -5.51. The first kappa shape index (κ1) is 68.3. The highest BCUT2D eigenvalue weighted by atomic mass is 31.2. The molecule has 79 heavy (non-hydrogen) atoms. The smallest absolute Gasteiger partial charge is 0.469 e. The highest BCUT2D eigenvalue weighted by molar-refractivity contribution is 7.46. The van der Waals surface area contributed by atoms with Gasteiger partial charge in [0.05, 0.1) is 44.8 Å². The van der Waals surface area contributed by atoms with E-state index in [0.29, 0.717) is 0 Å². The van der Waals surface area contributed by atoms with Crippen LogP contribution in [-0.2, 0) is 87.4 Å². The minimum Gasteiger partial charge on any atom is -0.481 e. The number of rotatable bonds is 37. The molecule has 1 aromatic heterocycles. The minimum absolute atomic E-state index is 0.102. The predicted octanol–water partition coefficient (Wildman–Crippen LogP) is -8.98. The third-order valence-electron chi connectivity index (χ3n) is 10.3. The van der Waals surface area contributed by atoms with Crippen molar-refractivity contribution < 1.29 is 127 Å². The van der Waals surface area contributed by atoms with E-state index in [2.05, 4.69) is 19.8 Å². The first-order chi connectivity index (χ1) is 36.6. The van der Waals surface area contributed by atoms with Crippen LogP contribution in [-0.4, -0.2) is 218 Å². The van der Waals surface area contributed by atoms with Gasteiger partial charge in [-0.15, -0.1) is 0 Å². The molecule has 0 aromatic carbocycles. The Hall–Kier alpha value is -8.71. The molecular weight excluding hydrogens is 1100 g/mol. The van der Waals surface area contributed by atoms with E-state index in [9.17, 15) is 112 Å². The number of nitrogens with zero attached hydrogens (tertiary/aromatic N) is 1. The van der Waals surface area contributed by atoms with E-state index < -0.39 is 222 Å². The quantitative estimate of drug-likeness (QED) is 0.0275. The standard InChI is InChI=1S/C40H59N12O26P/c1-15(45-36(69)22(8-28(59)60)49-33(66)18(41)13-53)32(65)52-31(16(2)78-79(75,76)77)39(72)48-19(3-5-26(55)56)34(67)43-12-25(54)46-21(7-17-11-42-14-44-17)37(70)50-23(9-29(61)62)38(71)47-20(4-6-27(57)58)35(68)51-24(40(73)74)10-30(63)64/h11,14-16,18-24,31,53H,3-10,12-13,41H2,1-2H3,(H,42,44)(H,43,67)(H,45,69)(H,46,54)(H,47,71)(H,48,72)(H,49,66)(H,50,70)(H,51,68)(H,52,65)(H,55,56)(H,57,58)(H,59,60)(H,61,62)(H,63,64)(H,73,74)(H2,75,76,77)/t15-,16+,18-,19-,20-,21-,22-,23-,24-,31-/m0/s1. The summed E-state index contributed by atoms with van der Waals surface area (Å²) in [6.07, 6.45) is -7.12. The molecule has 0 saturated carbocycles. The van der Waals surface area contributed by atoms with Gasteiger partial charge < -0.3 is 104 Å². The molecule has 10 atom stereocenters. The molecule has 0 aliphatic rings. The van der Waals surface area contributed by atoms with Gasteiger partial charge in [-0.05, 0) is 26.7 Å². The van der Waals surface area contributed by atoms with Crippen molar-refractivity contribution in [1.82, 2.24) is 57.8 Å². The van der Waals surface area contributed by atoms with Crippen LogP contribution in [0.5, 0.6) is 0 Å². The van der Waals surface area contributed by atoms with Crippen molar-refractivity contribution in [1.29, 1.82) is 0 Å². The fourth-order valence-electron chi connectivity index (χ4n) is 6.35. The normalized spacial score (nSPS) is 14.9. The summed E-state index contributed by atoms with van der Waals surface area (Å²) in [4.78, 5) is 213. The van der Waals surface area contributed by atoms with E-state index in [1.807, 2.05) is 37.2 Å². The number of aromatic nitrogens is 2. The molecule has 0 aliphatic carbocycles. The first-order valence-corrected chi connectivity index (χ1v) is 24.3. The average Bonchev–Trinajstić information content (AvgIpc) is 3.85. The van der Waals surface area contributed by atoms with E-state index in [1.165, 1.54) is 0 Å².